The fraction of sp³-hybridized carbons (Fsp3) is 0.167. The number of hydrogen-bond donors (Lipinski definition) is 2. The molecule has 0 atom stereocenters. The van der Waals surface area contributed by atoms with E-state index in [1.165, 1.54) is 0 Å². The molecule has 2 amide bonds. The molecule has 0 aromatic heterocycles. The van der Waals surface area contributed by atoms with Crippen molar-refractivity contribution in [3.05, 3.63) is 80.7 Å². The minimum atomic E-state index is -0.375. The molecule has 0 aliphatic carbocycles. The van der Waals surface area contributed by atoms with Crippen molar-refractivity contribution in [3.8, 4) is 11.5 Å². The van der Waals surface area contributed by atoms with Crippen LogP contribution in [0.3, 0.4) is 0 Å². The number of halogens is 2. The lowest BCUT2D eigenvalue weighted by Crippen LogP contribution is -2.23. The fourth-order valence-corrected chi connectivity index (χ4v) is 4.54. The predicted octanol–water partition coefficient (Wildman–Crippen LogP) is 6.19. The molecular weight excluding hydrogens is 540 g/mol. The molecule has 32 heavy (non-hydrogen) atoms. The highest BCUT2D eigenvalue weighted by Gasteiger charge is 2.15. The van der Waals surface area contributed by atoms with Gasteiger partial charge in [0, 0.05) is 10.2 Å². The number of para-hydroxylation sites is 1. The van der Waals surface area contributed by atoms with Crippen LogP contribution in [-0.4, -0.2) is 25.0 Å². The van der Waals surface area contributed by atoms with Gasteiger partial charge in [0.2, 0.25) is 0 Å². The van der Waals surface area contributed by atoms with E-state index in [1.807, 2.05) is 26.0 Å². The number of carbonyl (C=O) groups excluding carboxylic acids is 2. The molecule has 3 aromatic rings. The van der Waals surface area contributed by atoms with E-state index >= 15 is 0 Å². The number of hydrogen-bond acceptors (Lipinski definition) is 4. The normalized spacial score (nSPS) is 10.4. The molecule has 0 bridgehead atoms. The van der Waals surface area contributed by atoms with Gasteiger partial charge in [-0.05, 0) is 83.9 Å². The van der Waals surface area contributed by atoms with Crippen molar-refractivity contribution in [1.82, 2.24) is 0 Å². The van der Waals surface area contributed by atoms with Gasteiger partial charge < -0.3 is 20.1 Å². The number of carbonyl (C=O) groups is 2. The van der Waals surface area contributed by atoms with E-state index in [2.05, 4.69) is 42.5 Å². The highest BCUT2D eigenvalue weighted by atomic mass is 79.9. The maximum atomic E-state index is 12.8. The Morgan fingerprint density at radius 2 is 1.66 bits per heavy atom. The average molecular weight is 562 g/mol. The Morgan fingerprint density at radius 3 is 2.34 bits per heavy atom. The zero-order valence-electron chi connectivity index (χ0n) is 17.6. The molecule has 0 saturated heterocycles. The van der Waals surface area contributed by atoms with Gasteiger partial charge in [0.1, 0.15) is 11.5 Å². The highest BCUT2D eigenvalue weighted by molar-refractivity contribution is 9.11. The standard InChI is InChI=1S/C24H22Br2N2O4/c1-3-31-18-10-8-17(9-11-18)27-24(30)19-6-4-5-7-21(19)28-22(29)14-32-23-15(2)12-16(25)13-20(23)26/h4-13H,3,14H2,1-2H3,(H,27,30)(H,28,29). The third kappa shape index (κ3) is 6.34. The quantitative estimate of drug-likeness (QED) is 0.344. The first kappa shape index (κ1) is 23.8. The molecule has 2 N–H and O–H groups in total. The summed E-state index contributed by atoms with van der Waals surface area (Å²) >= 11 is 6.86. The molecule has 0 saturated carbocycles. The molecule has 8 heteroatoms. The Hall–Kier alpha value is -2.84. The van der Waals surface area contributed by atoms with Gasteiger partial charge in [0.25, 0.3) is 11.8 Å². The van der Waals surface area contributed by atoms with Crippen LogP contribution in [0.15, 0.2) is 69.6 Å². The van der Waals surface area contributed by atoms with Crippen LogP contribution in [0.1, 0.15) is 22.8 Å². The van der Waals surface area contributed by atoms with Gasteiger partial charge in [-0.25, -0.2) is 0 Å². The first-order valence-corrected chi connectivity index (χ1v) is 11.5. The smallest absolute Gasteiger partial charge is 0.262 e. The Labute approximate surface area is 203 Å². The monoisotopic (exact) mass is 560 g/mol. The summed E-state index contributed by atoms with van der Waals surface area (Å²) in [6.07, 6.45) is 0. The maximum Gasteiger partial charge on any atom is 0.262 e. The number of benzene rings is 3. The van der Waals surface area contributed by atoms with Crippen molar-refractivity contribution < 1.29 is 19.1 Å². The maximum absolute atomic E-state index is 12.8. The number of aryl methyl sites for hydroxylation is 1. The lowest BCUT2D eigenvalue weighted by atomic mass is 10.1. The third-order valence-corrected chi connectivity index (χ3v) is 5.46. The summed E-state index contributed by atoms with van der Waals surface area (Å²) in [6, 6.07) is 17.6. The summed E-state index contributed by atoms with van der Waals surface area (Å²) < 4.78 is 12.8. The lowest BCUT2D eigenvalue weighted by molar-refractivity contribution is -0.118. The van der Waals surface area contributed by atoms with Crippen molar-refractivity contribution >= 4 is 55.0 Å². The third-order valence-electron chi connectivity index (χ3n) is 4.41. The number of ether oxygens (including phenoxy) is 2. The Bertz CT molecular complexity index is 1090. The second-order valence-corrected chi connectivity index (χ2v) is 8.60. The first-order valence-electron chi connectivity index (χ1n) is 9.89. The number of amides is 2. The second-order valence-electron chi connectivity index (χ2n) is 6.83. The van der Waals surface area contributed by atoms with Crippen molar-refractivity contribution in [2.24, 2.45) is 0 Å². The molecule has 3 aromatic carbocycles. The molecule has 0 heterocycles. The summed E-state index contributed by atoms with van der Waals surface area (Å²) in [5.41, 5.74) is 2.25. The minimum absolute atomic E-state index is 0.198. The Morgan fingerprint density at radius 1 is 0.938 bits per heavy atom. The van der Waals surface area contributed by atoms with Crippen LogP contribution in [0.5, 0.6) is 11.5 Å². The molecule has 3 rings (SSSR count). The predicted molar refractivity (Wildman–Crippen MR) is 133 cm³/mol. The van der Waals surface area contributed by atoms with Crippen LogP contribution >= 0.6 is 31.9 Å². The molecule has 6 nitrogen and oxygen atoms in total. The largest absolute Gasteiger partial charge is 0.494 e. The zero-order chi connectivity index (χ0) is 23.1. The summed E-state index contributed by atoms with van der Waals surface area (Å²) in [5.74, 6) is 0.605. The molecule has 0 fully saturated rings. The molecule has 0 unspecified atom stereocenters. The summed E-state index contributed by atoms with van der Waals surface area (Å²) in [6.45, 7) is 4.17. The van der Waals surface area contributed by atoms with Gasteiger partial charge in [-0.1, -0.05) is 28.1 Å². The van der Waals surface area contributed by atoms with Crippen LogP contribution in [0.25, 0.3) is 0 Å². The van der Waals surface area contributed by atoms with E-state index in [9.17, 15) is 9.59 Å². The molecular formula is C24H22Br2N2O4. The summed E-state index contributed by atoms with van der Waals surface area (Å²) in [5, 5.41) is 5.59. The van der Waals surface area contributed by atoms with Gasteiger partial charge in [-0.15, -0.1) is 0 Å². The van der Waals surface area contributed by atoms with Crippen molar-refractivity contribution in [1.29, 1.82) is 0 Å². The number of nitrogens with one attached hydrogen (secondary N) is 2. The molecule has 0 aliphatic rings. The van der Waals surface area contributed by atoms with Gasteiger partial charge in [-0.2, -0.15) is 0 Å². The van der Waals surface area contributed by atoms with Gasteiger partial charge in [0.15, 0.2) is 6.61 Å². The van der Waals surface area contributed by atoms with E-state index in [0.29, 0.717) is 29.3 Å². The number of rotatable bonds is 8. The fourth-order valence-electron chi connectivity index (χ4n) is 2.99. The first-order chi connectivity index (χ1) is 15.4. The zero-order valence-corrected chi connectivity index (χ0v) is 20.7. The SMILES string of the molecule is CCOc1ccc(NC(=O)c2ccccc2NC(=O)COc2c(C)cc(Br)cc2Br)cc1. The van der Waals surface area contributed by atoms with Crippen molar-refractivity contribution in [2.45, 2.75) is 13.8 Å². The van der Waals surface area contributed by atoms with Crippen LogP contribution in [0, 0.1) is 6.92 Å². The van der Waals surface area contributed by atoms with Crippen molar-refractivity contribution in [2.75, 3.05) is 23.8 Å². The Balaban J connectivity index is 1.65. The van der Waals surface area contributed by atoms with Crippen LogP contribution in [0.4, 0.5) is 11.4 Å². The second kappa shape index (κ2) is 11.2. The van der Waals surface area contributed by atoms with E-state index in [4.69, 9.17) is 9.47 Å². The number of anilines is 2. The van der Waals surface area contributed by atoms with E-state index in [-0.39, 0.29) is 18.4 Å². The molecule has 0 spiro atoms. The van der Waals surface area contributed by atoms with E-state index < -0.39 is 0 Å². The average Bonchev–Trinajstić information content (AvgIpc) is 2.75. The molecule has 166 valence electrons. The summed E-state index contributed by atoms with van der Waals surface area (Å²) in [7, 11) is 0. The Kier molecular flexibility index (Phi) is 8.30. The van der Waals surface area contributed by atoms with Gasteiger partial charge in [-0.3, -0.25) is 9.59 Å². The highest BCUT2D eigenvalue weighted by Crippen LogP contribution is 2.32. The molecule has 0 radical (unpaired) electrons. The van der Waals surface area contributed by atoms with Crippen LogP contribution in [0.2, 0.25) is 0 Å². The lowest BCUT2D eigenvalue weighted by Gasteiger charge is -2.14. The van der Waals surface area contributed by atoms with E-state index in [0.717, 1.165) is 20.3 Å². The minimum Gasteiger partial charge on any atom is -0.494 e. The van der Waals surface area contributed by atoms with Gasteiger partial charge in [0.05, 0.1) is 22.3 Å². The van der Waals surface area contributed by atoms with Crippen LogP contribution in [-0.2, 0) is 4.79 Å². The summed E-state index contributed by atoms with van der Waals surface area (Å²) in [4.78, 5) is 25.3. The van der Waals surface area contributed by atoms with Crippen LogP contribution < -0.4 is 20.1 Å². The van der Waals surface area contributed by atoms with Gasteiger partial charge >= 0.3 is 0 Å². The van der Waals surface area contributed by atoms with Crippen molar-refractivity contribution in [3.63, 3.8) is 0 Å². The topological polar surface area (TPSA) is 76.7 Å². The van der Waals surface area contributed by atoms with E-state index in [1.54, 1.807) is 48.5 Å². The molecule has 0 aliphatic heterocycles.